The van der Waals surface area contributed by atoms with E-state index >= 15 is 0 Å². The first-order valence-electron chi connectivity index (χ1n) is 9.97. The van der Waals surface area contributed by atoms with Crippen molar-refractivity contribution in [1.29, 1.82) is 0 Å². The molecule has 2 aromatic rings. The molecule has 6 heteroatoms. The maximum absolute atomic E-state index is 12.4. The van der Waals surface area contributed by atoms with Crippen molar-refractivity contribution in [2.75, 3.05) is 43.5 Å². The Hall–Kier alpha value is -2.44. The molecule has 2 N–H and O–H groups in total. The average molecular weight is 383 g/mol. The maximum atomic E-state index is 12.4. The first-order chi connectivity index (χ1) is 13.6. The number of amides is 1. The minimum absolute atomic E-state index is 0.146. The van der Waals surface area contributed by atoms with E-state index in [-0.39, 0.29) is 12.5 Å². The molecular weight excluding hydrogens is 352 g/mol. The second-order valence-electron chi connectivity index (χ2n) is 7.50. The molecule has 1 saturated heterocycles. The molecule has 1 aliphatic rings. The van der Waals surface area contributed by atoms with Crippen molar-refractivity contribution in [2.24, 2.45) is 0 Å². The summed E-state index contributed by atoms with van der Waals surface area (Å²) >= 11 is 0. The number of aromatic nitrogens is 1. The quantitative estimate of drug-likeness (QED) is 0.771. The number of carbonyl (C=O) groups excluding carboxylic acids is 1. The lowest BCUT2D eigenvalue weighted by molar-refractivity contribution is 0.102. The van der Waals surface area contributed by atoms with Gasteiger partial charge in [-0.2, -0.15) is 0 Å². The molecule has 0 aliphatic carbocycles. The zero-order chi connectivity index (χ0) is 19.9. The van der Waals surface area contributed by atoms with Crippen molar-refractivity contribution in [3.63, 3.8) is 0 Å². The van der Waals surface area contributed by atoms with Crippen LogP contribution in [0.3, 0.4) is 0 Å². The van der Waals surface area contributed by atoms with Gasteiger partial charge in [0.2, 0.25) is 0 Å². The highest BCUT2D eigenvalue weighted by Gasteiger charge is 2.23. The first-order valence-corrected chi connectivity index (χ1v) is 9.97. The Kier molecular flexibility index (Phi) is 7.01. The van der Waals surface area contributed by atoms with E-state index in [4.69, 9.17) is 5.11 Å². The lowest BCUT2D eigenvalue weighted by atomic mass is 10.0. The predicted molar refractivity (Wildman–Crippen MR) is 113 cm³/mol. The third-order valence-electron chi connectivity index (χ3n) is 5.40. The Morgan fingerprint density at radius 1 is 1.21 bits per heavy atom. The summed E-state index contributed by atoms with van der Waals surface area (Å²) in [6.07, 6.45) is 4.64. The fraction of sp³-hybridized carbons (Fsp3) is 0.455. The molecule has 0 spiro atoms. The van der Waals surface area contributed by atoms with Crippen LogP contribution in [-0.4, -0.2) is 60.2 Å². The van der Waals surface area contributed by atoms with E-state index in [1.807, 2.05) is 43.3 Å². The fourth-order valence-electron chi connectivity index (χ4n) is 3.59. The van der Waals surface area contributed by atoms with Crippen LogP contribution in [0.5, 0.6) is 0 Å². The number of nitrogens with one attached hydrogen (secondary N) is 1. The number of hydrogen-bond acceptors (Lipinski definition) is 5. The minimum Gasteiger partial charge on any atom is -0.396 e. The third-order valence-corrected chi connectivity index (χ3v) is 5.40. The van der Waals surface area contributed by atoms with Crippen LogP contribution >= 0.6 is 0 Å². The first kappa shape index (κ1) is 20.3. The Balaban J connectivity index is 1.53. The number of anilines is 2. The van der Waals surface area contributed by atoms with Crippen LogP contribution < -0.4 is 10.2 Å². The number of aliphatic hydroxyl groups is 1. The number of carbonyl (C=O) groups is 1. The molecule has 0 bridgehead atoms. The molecule has 28 heavy (non-hydrogen) atoms. The van der Waals surface area contributed by atoms with Gasteiger partial charge in [0.05, 0.1) is 5.56 Å². The maximum Gasteiger partial charge on any atom is 0.257 e. The van der Waals surface area contributed by atoms with Crippen LogP contribution in [0.4, 0.5) is 11.5 Å². The summed E-state index contributed by atoms with van der Waals surface area (Å²) in [5.41, 5.74) is 2.50. The summed E-state index contributed by atoms with van der Waals surface area (Å²) in [6, 6.07) is 12.1. The molecule has 0 unspecified atom stereocenters. The summed E-state index contributed by atoms with van der Waals surface area (Å²) in [7, 11) is 2.13. The van der Waals surface area contributed by atoms with Crippen LogP contribution in [0.1, 0.15) is 35.2 Å². The fourth-order valence-corrected chi connectivity index (χ4v) is 3.59. The number of nitrogens with zero attached hydrogens (tertiary/aromatic N) is 3. The Labute approximate surface area is 167 Å². The second-order valence-corrected chi connectivity index (χ2v) is 7.50. The highest BCUT2D eigenvalue weighted by atomic mass is 16.3. The van der Waals surface area contributed by atoms with E-state index < -0.39 is 0 Å². The van der Waals surface area contributed by atoms with E-state index in [0.717, 1.165) is 56.0 Å². The zero-order valence-corrected chi connectivity index (χ0v) is 16.8. The van der Waals surface area contributed by atoms with Gasteiger partial charge in [-0.25, -0.2) is 4.98 Å². The van der Waals surface area contributed by atoms with Crippen LogP contribution in [0.25, 0.3) is 0 Å². The molecule has 0 saturated carbocycles. The van der Waals surface area contributed by atoms with Gasteiger partial charge in [0.15, 0.2) is 0 Å². The molecule has 2 heterocycles. The summed E-state index contributed by atoms with van der Waals surface area (Å²) in [5.74, 6) is 0.774. The van der Waals surface area contributed by atoms with Crippen LogP contribution in [0.15, 0.2) is 42.6 Å². The summed E-state index contributed by atoms with van der Waals surface area (Å²) < 4.78 is 0. The van der Waals surface area contributed by atoms with Gasteiger partial charge >= 0.3 is 0 Å². The van der Waals surface area contributed by atoms with E-state index in [9.17, 15) is 4.79 Å². The van der Waals surface area contributed by atoms with Gasteiger partial charge in [0.25, 0.3) is 5.91 Å². The monoisotopic (exact) mass is 382 g/mol. The van der Waals surface area contributed by atoms with Gasteiger partial charge in [-0.1, -0.05) is 17.7 Å². The van der Waals surface area contributed by atoms with E-state index in [2.05, 4.69) is 27.1 Å². The molecule has 6 nitrogen and oxygen atoms in total. The topological polar surface area (TPSA) is 68.7 Å². The van der Waals surface area contributed by atoms with E-state index in [1.165, 1.54) is 0 Å². The van der Waals surface area contributed by atoms with Gasteiger partial charge in [0.1, 0.15) is 5.82 Å². The number of pyridine rings is 1. The number of aliphatic hydroxyl groups excluding tert-OH is 1. The Morgan fingerprint density at radius 3 is 2.54 bits per heavy atom. The normalized spacial score (nSPS) is 15.1. The predicted octanol–water partition coefficient (Wildman–Crippen LogP) is 2.93. The number of piperidine rings is 1. The number of benzene rings is 1. The molecule has 0 radical (unpaired) electrons. The second kappa shape index (κ2) is 9.66. The van der Waals surface area contributed by atoms with Crippen molar-refractivity contribution in [1.82, 2.24) is 9.88 Å². The Bertz CT molecular complexity index is 753. The zero-order valence-electron chi connectivity index (χ0n) is 16.8. The lowest BCUT2D eigenvalue weighted by Gasteiger charge is -2.37. The molecule has 1 amide bonds. The van der Waals surface area contributed by atoms with Crippen molar-refractivity contribution >= 4 is 17.4 Å². The van der Waals surface area contributed by atoms with Crippen molar-refractivity contribution in [2.45, 2.75) is 32.2 Å². The smallest absolute Gasteiger partial charge is 0.257 e. The van der Waals surface area contributed by atoms with Gasteiger partial charge < -0.3 is 20.2 Å². The van der Waals surface area contributed by atoms with E-state index in [1.54, 1.807) is 6.20 Å². The summed E-state index contributed by atoms with van der Waals surface area (Å²) in [6.45, 7) is 5.11. The minimum atomic E-state index is -0.146. The van der Waals surface area contributed by atoms with Gasteiger partial charge in [0, 0.05) is 44.2 Å². The Morgan fingerprint density at radius 2 is 1.93 bits per heavy atom. The van der Waals surface area contributed by atoms with Crippen LogP contribution in [0, 0.1) is 6.92 Å². The SMILES string of the molecule is Cc1ccc(NC(=O)c2ccc(N3CCC(N(C)CCCO)CC3)nc2)cc1. The standard InChI is InChI=1S/C22H30N4O2/c1-17-4-7-19(8-5-17)24-22(28)18-6-9-21(23-16-18)26-13-10-20(11-14-26)25(2)12-3-15-27/h4-9,16,20,27H,3,10-15H2,1-2H3,(H,24,28). The van der Waals surface area contributed by atoms with Crippen molar-refractivity contribution < 1.29 is 9.90 Å². The molecule has 1 aromatic heterocycles. The molecule has 0 atom stereocenters. The number of hydrogen-bond donors (Lipinski definition) is 2. The van der Waals surface area contributed by atoms with Crippen LogP contribution in [-0.2, 0) is 0 Å². The number of aryl methyl sites for hydroxylation is 1. The molecule has 1 aromatic carbocycles. The largest absolute Gasteiger partial charge is 0.396 e. The number of rotatable bonds is 7. The highest BCUT2D eigenvalue weighted by molar-refractivity contribution is 6.04. The van der Waals surface area contributed by atoms with Crippen molar-refractivity contribution in [3.05, 3.63) is 53.7 Å². The van der Waals surface area contributed by atoms with Crippen LogP contribution in [0.2, 0.25) is 0 Å². The third kappa shape index (κ3) is 5.30. The molecule has 1 aliphatic heterocycles. The van der Waals surface area contributed by atoms with E-state index in [0.29, 0.717) is 11.6 Å². The van der Waals surface area contributed by atoms with Gasteiger partial charge in [-0.3, -0.25) is 4.79 Å². The van der Waals surface area contributed by atoms with Crippen molar-refractivity contribution in [3.8, 4) is 0 Å². The lowest BCUT2D eigenvalue weighted by Crippen LogP contribution is -2.44. The molecule has 1 fully saturated rings. The molecule has 3 rings (SSSR count). The molecule has 150 valence electrons. The average Bonchev–Trinajstić information content (AvgIpc) is 2.74. The summed E-state index contributed by atoms with van der Waals surface area (Å²) in [5, 5.41) is 11.9. The summed E-state index contributed by atoms with van der Waals surface area (Å²) in [4.78, 5) is 21.5. The van der Waals surface area contributed by atoms with Gasteiger partial charge in [-0.05, 0) is 57.5 Å². The highest BCUT2D eigenvalue weighted by Crippen LogP contribution is 2.21. The molecular formula is C22H30N4O2. The van der Waals surface area contributed by atoms with Gasteiger partial charge in [-0.15, -0.1) is 0 Å².